The molecular weight excluding hydrogens is 973 g/mol. The molecule has 26 heteroatoms. The van der Waals surface area contributed by atoms with Crippen LogP contribution in [0.15, 0.2) is 49.3 Å². The minimum Gasteiger partial charge on any atom is -0.479 e. The molecule has 8 heterocycles. The SMILES string of the molecule is COc1ncnc(OC)c1-n1c(CS(=O)(=O)[C@@H](C)[C@H](C)c2ccc(C#N)cn2)nnc1[C@@H]1CCOC1.COc1ncnc(OC)c1-n1c(CS(=O)(=O)[C@@H](C)[C@H](C)c2ccc(C#N)cn2)nnc1[C@H]1CCOC1. The van der Waals surface area contributed by atoms with Gasteiger partial charge in [0.25, 0.3) is 0 Å². The molecule has 0 amide bonds. The van der Waals surface area contributed by atoms with Crippen LogP contribution in [0.25, 0.3) is 11.4 Å². The summed E-state index contributed by atoms with van der Waals surface area (Å²) >= 11 is 0. The van der Waals surface area contributed by atoms with E-state index in [1.54, 1.807) is 61.1 Å². The van der Waals surface area contributed by atoms with Crippen LogP contribution in [-0.2, 0) is 40.7 Å². The second kappa shape index (κ2) is 22.9. The fourth-order valence-electron chi connectivity index (χ4n) is 8.22. The zero-order valence-corrected chi connectivity index (χ0v) is 42.5. The number of sulfone groups is 2. The molecule has 0 spiro atoms. The molecule has 2 aliphatic rings. The van der Waals surface area contributed by atoms with Crippen molar-refractivity contribution in [3.8, 4) is 47.0 Å². The first-order valence-corrected chi connectivity index (χ1v) is 26.1. The summed E-state index contributed by atoms with van der Waals surface area (Å²) in [6, 6.07) is 10.6. The highest BCUT2D eigenvalue weighted by molar-refractivity contribution is 7.91. The van der Waals surface area contributed by atoms with E-state index in [-0.39, 0.29) is 47.0 Å². The normalized spacial score (nSPS) is 17.4. The van der Waals surface area contributed by atoms with Gasteiger partial charge < -0.3 is 28.4 Å². The maximum Gasteiger partial charge on any atom is 0.245 e. The average Bonchev–Trinajstić information content (AvgIpc) is 4.26. The molecule has 2 saturated heterocycles. The predicted octanol–water partition coefficient (Wildman–Crippen LogP) is 3.90. The van der Waals surface area contributed by atoms with Crippen molar-refractivity contribution in [3.05, 3.63) is 95.1 Å². The highest BCUT2D eigenvalue weighted by Crippen LogP contribution is 2.38. The van der Waals surface area contributed by atoms with Crippen LogP contribution < -0.4 is 18.9 Å². The van der Waals surface area contributed by atoms with Gasteiger partial charge in [0, 0.05) is 60.7 Å². The number of rotatable bonds is 18. The van der Waals surface area contributed by atoms with Gasteiger partial charge in [-0.15, -0.1) is 20.4 Å². The molecule has 8 rings (SSSR count). The summed E-state index contributed by atoms with van der Waals surface area (Å²) in [6.45, 7) is 8.85. The highest BCUT2D eigenvalue weighted by Gasteiger charge is 2.37. The van der Waals surface area contributed by atoms with E-state index in [9.17, 15) is 16.8 Å². The quantitative estimate of drug-likeness (QED) is 0.118. The average molecular weight is 1030 g/mol. The van der Waals surface area contributed by atoms with E-state index < -0.39 is 53.5 Å². The van der Waals surface area contributed by atoms with E-state index in [0.29, 0.717) is 84.8 Å². The molecule has 2 aliphatic heterocycles. The Morgan fingerprint density at radius 3 is 1.22 bits per heavy atom. The Hall–Kier alpha value is -7.26. The Bertz CT molecular complexity index is 2890. The zero-order valence-electron chi connectivity index (χ0n) is 40.9. The van der Waals surface area contributed by atoms with Crippen molar-refractivity contribution in [1.29, 1.82) is 10.5 Å². The lowest BCUT2D eigenvalue weighted by Gasteiger charge is -2.21. The molecule has 6 atom stereocenters. The van der Waals surface area contributed by atoms with E-state index in [1.165, 1.54) is 53.5 Å². The van der Waals surface area contributed by atoms with E-state index in [2.05, 4.69) is 50.3 Å². The molecule has 72 heavy (non-hydrogen) atoms. The summed E-state index contributed by atoms with van der Waals surface area (Å²) in [5.41, 5.74) is 2.63. The summed E-state index contributed by atoms with van der Waals surface area (Å²) in [4.78, 5) is 25.3. The molecule has 2 fully saturated rings. The molecule has 0 N–H and O–H groups in total. The van der Waals surface area contributed by atoms with Crippen LogP contribution in [0, 0.1) is 22.7 Å². The van der Waals surface area contributed by atoms with Gasteiger partial charge in [0.1, 0.15) is 47.9 Å². The number of hydrogen-bond acceptors (Lipinski definition) is 22. The van der Waals surface area contributed by atoms with Gasteiger partial charge in [-0.05, 0) is 51.0 Å². The zero-order chi connectivity index (χ0) is 51.7. The lowest BCUT2D eigenvalue weighted by atomic mass is 10.0. The fourth-order valence-corrected chi connectivity index (χ4v) is 11.4. The molecular formula is C46H54N14O10S2. The van der Waals surface area contributed by atoms with Crippen LogP contribution >= 0.6 is 0 Å². The second-order valence-electron chi connectivity index (χ2n) is 17.0. The monoisotopic (exact) mass is 1030 g/mol. The van der Waals surface area contributed by atoms with Crippen LogP contribution in [0.1, 0.15) is 110 Å². The van der Waals surface area contributed by atoms with Crippen LogP contribution in [0.5, 0.6) is 23.5 Å². The number of methoxy groups -OCH3 is 4. The second-order valence-corrected chi connectivity index (χ2v) is 21.7. The summed E-state index contributed by atoms with van der Waals surface area (Å²) in [6.07, 6.45) is 6.89. The first-order chi connectivity index (χ1) is 34.6. The van der Waals surface area contributed by atoms with Crippen molar-refractivity contribution in [2.75, 3.05) is 54.9 Å². The van der Waals surface area contributed by atoms with Crippen LogP contribution in [-0.4, -0.2) is 142 Å². The van der Waals surface area contributed by atoms with Crippen molar-refractivity contribution >= 4 is 19.7 Å². The van der Waals surface area contributed by atoms with Gasteiger partial charge in [-0.2, -0.15) is 30.5 Å². The minimum absolute atomic E-state index is 0.0947. The fraction of sp³-hybridized carbons (Fsp3) is 0.478. The van der Waals surface area contributed by atoms with E-state index in [0.717, 1.165) is 0 Å². The molecule has 380 valence electrons. The lowest BCUT2D eigenvalue weighted by molar-refractivity contribution is 0.193. The van der Waals surface area contributed by atoms with Gasteiger partial charge in [0.15, 0.2) is 42.7 Å². The largest absolute Gasteiger partial charge is 0.479 e. The van der Waals surface area contributed by atoms with Crippen molar-refractivity contribution in [2.24, 2.45) is 0 Å². The van der Waals surface area contributed by atoms with Gasteiger partial charge in [-0.25, -0.2) is 16.8 Å². The van der Waals surface area contributed by atoms with Gasteiger partial charge in [0.05, 0.1) is 63.3 Å². The smallest absolute Gasteiger partial charge is 0.245 e. The van der Waals surface area contributed by atoms with Gasteiger partial charge in [0.2, 0.25) is 23.5 Å². The van der Waals surface area contributed by atoms with Crippen LogP contribution in [0.2, 0.25) is 0 Å². The third kappa shape index (κ3) is 11.1. The summed E-state index contributed by atoms with van der Waals surface area (Å²) in [5, 5.41) is 33.7. The highest BCUT2D eigenvalue weighted by atomic mass is 32.2. The minimum atomic E-state index is -3.74. The third-order valence-corrected chi connectivity index (χ3v) is 17.2. The third-order valence-electron chi connectivity index (χ3n) is 12.8. The Labute approximate surface area is 416 Å². The van der Waals surface area contributed by atoms with E-state index in [1.807, 2.05) is 12.1 Å². The Kier molecular flexibility index (Phi) is 16.7. The maximum absolute atomic E-state index is 13.6. The van der Waals surface area contributed by atoms with Crippen molar-refractivity contribution in [1.82, 2.24) is 59.4 Å². The maximum atomic E-state index is 13.6. The number of pyridine rings is 2. The van der Waals surface area contributed by atoms with Gasteiger partial charge >= 0.3 is 0 Å². The molecule has 0 bridgehead atoms. The topological polar surface area (TPSA) is 310 Å². The Morgan fingerprint density at radius 1 is 0.583 bits per heavy atom. The first kappa shape index (κ1) is 52.6. The summed E-state index contributed by atoms with van der Waals surface area (Å²) in [7, 11) is -1.65. The first-order valence-electron chi connectivity index (χ1n) is 22.7. The summed E-state index contributed by atoms with van der Waals surface area (Å²) in [5.74, 6) is 0.400. The Balaban J connectivity index is 0.000000211. The van der Waals surface area contributed by atoms with Crippen molar-refractivity contribution < 1.29 is 45.3 Å². The van der Waals surface area contributed by atoms with E-state index in [4.69, 9.17) is 38.9 Å². The van der Waals surface area contributed by atoms with Crippen molar-refractivity contribution in [3.63, 3.8) is 0 Å². The Morgan fingerprint density at radius 2 is 0.944 bits per heavy atom. The standard InChI is InChI=1S/2C23H27N7O5S/c2*1-14(18-6-5-16(9-24)10-25-18)15(2)36(31,32)12-19-28-29-21(17-7-8-35-11-17)30(19)20-22(33-3)26-13-27-23(20)34-4/h2*5-6,10,13-15,17H,7-8,11-12H2,1-4H3/t14-,15-,17+;14-,15-,17-/m00/s1. The molecule has 6 aromatic heterocycles. The van der Waals surface area contributed by atoms with Crippen LogP contribution in [0.4, 0.5) is 0 Å². The number of hydrogen-bond donors (Lipinski definition) is 0. The van der Waals surface area contributed by atoms with Crippen molar-refractivity contribution in [2.45, 2.75) is 86.2 Å². The number of aromatic nitrogens is 12. The van der Waals surface area contributed by atoms with Gasteiger partial charge in [-0.1, -0.05) is 13.8 Å². The van der Waals surface area contributed by atoms with Crippen LogP contribution in [0.3, 0.4) is 0 Å². The van der Waals surface area contributed by atoms with Gasteiger partial charge in [-0.3, -0.25) is 19.1 Å². The number of nitrogens with zero attached hydrogens (tertiary/aromatic N) is 14. The molecule has 0 radical (unpaired) electrons. The molecule has 6 aromatic rings. The lowest BCUT2D eigenvalue weighted by Crippen LogP contribution is -2.27. The molecule has 24 nitrogen and oxygen atoms in total. The number of nitriles is 2. The summed E-state index contributed by atoms with van der Waals surface area (Å²) < 4.78 is 90.5. The molecule has 0 aromatic carbocycles. The molecule has 0 unspecified atom stereocenters. The number of ether oxygens (including phenoxy) is 6. The van der Waals surface area contributed by atoms with E-state index >= 15 is 0 Å². The molecule has 0 saturated carbocycles. The predicted molar refractivity (Wildman–Crippen MR) is 255 cm³/mol. The molecule has 0 aliphatic carbocycles.